The van der Waals surface area contributed by atoms with Crippen LogP contribution in [0.1, 0.15) is 36.4 Å². The van der Waals surface area contributed by atoms with Crippen molar-refractivity contribution in [1.29, 1.82) is 0 Å². The summed E-state index contributed by atoms with van der Waals surface area (Å²) in [6.07, 6.45) is 2.00. The first-order valence-corrected chi connectivity index (χ1v) is 5.59. The lowest BCUT2D eigenvalue weighted by Gasteiger charge is -2.15. The van der Waals surface area contributed by atoms with Crippen LogP contribution in [0, 0.1) is 6.92 Å². The van der Waals surface area contributed by atoms with Crippen molar-refractivity contribution >= 4 is 11.5 Å². The van der Waals surface area contributed by atoms with E-state index in [4.69, 9.17) is 0 Å². The Morgan fingerprint density at radius 3 is 2.79 bits per heavy atom. The first kappa shape index (κ1) is 11.3. The number of aromatic nitrogens is 2. The van der Waals surface area contributed by atoms with E-state index in [0.717, 1.165) is 18.5 Å². The molecule has 1 atom stereocenters. The molecule has 1 aromatic rings. The maximum absolute atomic E-state index is 4.02. The van der Waals surface area contributed by atoms with E-state index in [1.165, 1.54) is 22.0 Å². The van der Waals surface area contributed by atoms with Gasteiger partial charge in [0.05, 0.1) is 10.6 Å². The third kappa shape index (κ3) is 2.62. The Labute approximate surface area is 89.4 Å². The van der Waals surface area contributed by atoms with Crippen LogP contribution in [0.4, 0.5) is 0 Å². The zero-order valence-corrected chi connectivity index (χ0v) is 9.82. The van der Waals surface area contributed by atoms with Gasteiger partial charge in [-0.25, -0.2) is 0 Å². The van der Waals surface area contributed by atoms with Gasteiger partial charge in [-0.15, -0.1) is 5.10 Å². The van der Waals surface area contributed by atoms with Crippen molar-refractivity contribution in [2.75, 3.05) is 7.05 Å². The van der Waals surface area contributed by atoms with Crippen LogP contribution in [0.2, 0.25) is 0 Å². The predicted molar refractivity (Wildman–Crippen MR) is 60.5 cm³/mol. The van der Waals surface area contributed by atoms with Crippen molar-refractivity contribution in [3.63, 3.8) is 0 Å². The van der Waals surface area contributed by atoms with Crippen LogP contribution in [0.3, 0.4) is 0 Å². The van der Waals surface area contributed by atoms with Crippen LogP contribution >= 0.6 is 11.5 Å². The van der Waals surface area contributed by atoms with Crippen LogP contribution in [0.25, 0.3) is 0 Å². The fourth-order valence-electron chi connectivity index (χ4n) is 1.32. The molecule has 14 heavy (non-hydrogen) atoms. The highest BCUT2D eigenvalue weighted by Gasteiger charge is 2.15. The van der Waals surface area contributed by atoms with Crippen LogP contribution in [0.5, 0.6) is 0 Å². The summed E-state index contributed by atoms with van der Waals surface area (Å²) in [5, 5.41) is 7.30. The molecular weight excluding hydrogens is 194 g/mol. The summed E-state index contributed by atoms with van der Waals surface area (Å²) in [5.41, 5.74) is 2.29. The molecule has 1 N–H and O–H groups in total. The van der Waals surface area contributed by atoms with E-state index in [9.17, 15) is 0 Å². The van der Waals surface area contributed by atoms with Gasteiger partial charge in [0.1, 0.15) is 0 Å². The van der Waals surface area contributed by atoms with Crippen molar-refractivity contribution in [2.45, 2.75) is 32.7 Å². The summed E-state index contributed by atoms with van der Waals surface area (Å²) in [7, 11) is 1.97. The Bertz CT molecular complexity index is 306. The van der Waals surface area contributed by atoms with E-state index in [0.29, 0.717) is 6.04 Å². The molecule has 1 aromatic heterocycles. The van der Waals surface area contributed by atoms with Gasteiger partial charge in [-0.05, 0) is 38.3 Å². The molecule has 0 radical (unpaired) electrons. The number of nitrogens with zero attached hydrogens (tertiary/aromatic N) is 2. The minimum absolute atomic E-state index is 0.322. The Balaban J connectivity index is 2.72. The number of aryl methyl sites for hydroxylation is 1. The third-order valence-electron chi connectivity index (χ3n) is 2.34. The molecule has 1 heterocycles. The van der Waals surface area contributed by atoms with Crippen molar-refractivity contribution in [2.24, 2.45) is 0 Å². The average molecular weight is 211 g/mol. The number of rotatable bonds is 5. The lowest BCUT2D eigenvalue weighted by molar-refractivity contribution is 0.588. The van der Waals surface area contributed by atoms with Gasteiger partial charge in [0, 0.05) is 6.04 Å². The molecule has 0 saturated carbocycles. The molecule has 0 saturated heterocycles. The number of nitrogens with one attached hydrogen (secondary N) is 1. The van der Waals surface area contributed by atoms with Crippen LogP contribution < -0.4 is 5.32 Å². The van der Waals surface area contributed by atoms with Gasteiger partial charge in [-0.2, -0.15) is 0 Å². The van der Waals surface area contributed by atoms with Gasteiger partial charge in [-0.1, -0.05) is 23.6 Å². The summed E-state index contributed by atoms with van der Waals surface area (Å²) < 4.78 is 3.95. The predicted octanol–water partition coefficient (Wildman–Crippen LogP) is 2.46. The first-order valence-electron chi connectivity index (χ1n) is 4.81. The summed E-state index contributed by atoms with van der Waals surface area (Å²) in [4.78, 5) is 1.22. The lowest BCUT2D eigenvalue weighted by Crippen LogP contribution is -2.16. The highest BCUT2D eigenvalue weighted by atomic mass is 32.1. The minimum Gasteiger partial charge on any atom is -0.312 e. The molecule has 0 spiro atoms. The molecule has 1 rings (SSSR count). The first-order chi connectivity index (χ1) is 6.69. The number of hydrogen-bond acceptors (Lipinski definition) is 4. The van der Waals surface area contributed by atoms with Crippen LogP contribution in [0.15, 0.2) is 12.2 Å². The maximum atomic E-state index is 4.02. The van der Waals surface area contributed by atoms with E-state index in [2.05, 4.69) is 28.4 Å². The van der Waals surface area contributed by atoms with E-state index >= 15 is 0 Å². The zero-order chi connectivity index (χ0) is 10.6. The quantitative estimate of drug-likeness (QED) is 0.760. The second-order valence-electron chi connectivity index (χ2n) is 3.37. The largest absolute Gasteiger partial charge is 0.312 e. The van der Waals surface area contributed by atoms with E-state index in [1.54, 1.807) is 0 Å². The van der Waals surface area contributed by atoms with Gasteiger partial charge in [-0.3, -0.25) is 0 Å². The Morgan fingerprint density at radius 2 is 2.36 bits per heavy atom. The Morgan fingerprint density at radius 1 is 1.64 bits per heavy atom. The highest BCUT2D eigenvalue weighted by molar-refractivity contribution is 7.05. The molecule has 0 aliphatic heterocycles. The standard InChI is InChI=1S/C10H17N3S/c1-5-7(2)6-9(11-4)10-8(3)12-13-14-10/h9,11H,2,5-6H2,1,3-4H3. The summed E-state index contributed by atoms with van der Waals surface area (Å²) in [6, 6.07) is 0.322. The molecular formula is C10H17N3S. The zero-order valence-electron chi connectivity index (χ0n) is 9.00. The molecule has 4 heteroatoms. The smallest absolute Gasteiger partial charge is 0.0772 e. The monoisotopic (exact) mass is 211 g/mol. The molecule has 0 amide bonds. The fraction of sp³-hybridized carbons (Fsp3) is 0.600. The van der Waals surface area contributed by atoms with Crippen molar-refractivity contribution in [3.05, 3.63) is 22.7 Å². The van der Waals surface area contributed by atoms with Gasteiger partial charge < -0.3 is 5.32 Å². The maximum Gasteiger partial charge on any atom is 0.0772 e. The second kappa shape index (κ2) is 5.22. The Kier molecular flexibility index (Phi) is 4.22. The summed E-state index contributed by atoms with van der Waals surface area (Å²) >= 11 is 1.47. The van der Waals surface area contributed by atoms with Gasteiger partial charge >= 0.3 is 0 Å². The van der Waals surface area contributed by atoms with Crippen LogP contribution in [-0.4, -0.2) is 16.6 Å². The fourth-order valence-corrected chi connectivity index (χ4v) is 2.07. The van der Waals surface area contributed by atoms with Gasteiger partial charge in [0.25, 0.3) is 0 Å². The van der Waals surface area contributed by atoms with Crippen molar-refractivity contribution < 1.29 is 0 Å². The normalized spacial score (nSPS) is 12.8. The topological polar surface area (TPSA) is 37.8 Å². The Hall–Kier alpha value is -0.740. The van der Waals surface area contributed by atoms with Crippen molar-refractivity contribution in [1.82, 2.24) is 14.9 Å². The third-order valence-corrected chi connectivity index (χ3v) is 3.28. The van der Waals surface area contributed by atoms with Crippen LogP contribution in [-0.2, 0) is 0 Å². The molecule has 3 nitrogen and oxygen atoms in total. The molecule has 78 valence electrons. The molecule has 1 unspecified atom stereocenters. The van der Waals surface area contributed by atoms with Gasteiger partial charge in [0.2, 0.25) is 0 Å². The van der Waals surface area contributed by atoms with E-state index < -0.39 is 0 Å². The van der Waals surface area contributed by atoms with Gasteiger partial charge in [0.15, 0.2) is 0 Å². The average Bonchev–Trinajstić information content (AvgIpc) is 2.60. The highest BCUT2D eigenvalue weighted by Crippen LogP contribution is 2.25. The SMILES string of the molecule is C=C(CC)CC(NC)c1snnc1C. The molecule has 0 aliphatic rings. The second-order valence-corrected chi connectivity index (χ2v) is 4.16. The minimum atomic E-state index is 0.322. The molecule has 0 fully saturated rings. The van der Waals surface area contributed by atoms with Crippen molar-refractivity contribution in [3.8, 4) is 0 Å². The number of hydrogen-bond donors (Lipinski definition) is 1. The summed E-state index contributed by atoms with van der Waals surface area (Å²) in [5.74, 6) is 0. The molecule has 0 aromatic carbocycles. The van der Waals surface area contributed by atoms with E-state index in [-0.39, 0.29) is 0 Å². The summed E-state index contributed by atoms with van der Waals surface area (Å²) in [6.45, 7) is 8.15. The molecule has 0 bridgehead atoms. The molecule has 0 aliphatic carbocycles. The lowest BCUT2D eigenvalue weighted by atomic mass is 10.0. The van der Waals surface area contributed by atoms with E-state index in [1.807, 2.05) is 14.0 Å².